The normalized spacial score (nSPS) is 24.6. The summed E-state index contributed by atoms with van der Waals surface area (Å²) in [7, 11) is 0. The van der Waals surface area contributed by atoms with Gasteiger partial charge in [-0.25, -0.2) is 0 Å². The molecule has 1 unspecified atom stereocenters. The third kappa shape index (κ3) is 4.13. The highest BCUT2D eigenvalue weighted by molar-refractivity contribution is 5.29. The molecule has 0 radical (unpaired) electrons. The lowest BCUT2D eigenvalue weighted by molar-refractivity contribution is -0.184. The number of hydrogen-bond acceptors (Lipinski definition) is 2. The number of rotatable bonds is 4. The molecule has 1 saturated carbocycles. The number of nitrogens with two attached hydrogens (primary N) is 1. The van der Waals surface area contributed by atoms with Crippen molar-refractivity contribution in [3.8, 4) is 5.75 Å². The average Bonchev–Trinajstić information content (AvgIpc) is 2.47. The number of alkyl halides is 3. The molecular weight excluding hydrogens is 279 g/mol. The van der Waals surface area contributed by atoms with Gasteiger partial charge in [0.1, 0.15) is 5.75 Å². The summed E-state index contributed by atoms with van der Waals surface area (Å²) in [6, 6.07) is 7.34. The predicted molar refractivity (Wildman–Crippen MR) is 76.0 cm³/mol. The molecule has 0 aliphatic heterocycles. The second-order valence-electron chi connectivity index (χ2n) is 5.68. The van der Waals surface area contributed by atoms with Crippen LogP contribution in [0.4, 0.5) is 13.2 Å². The molecule has 0 amide bonds. The number of ether oxygens (including phenoxy) is 1. The molecule has 0 heterocycles. The molecule has 2 nitrogen and oxygen atoms in total. The van der Waals surface area contributed by atoms with Gasteiger partial charge in [0, 0.05) is 6.04 Å². The Kier molecular flexibility index (Phi) is 5.14. The van der Waals surface area contributed by atoms with Crippen LogP contribution in [0.5, 0.6) is 5.75 Å². The molecule has 1 aromatic carbocycles. The van der Waals surface area contributed by atoms with Crippen LogP contribution in [0.25, 0.3) is 0 Å². The van der Waals surface area contributed by atoms with E-state index in [-0.39, 0.29) is 24.8 Å². The first kappa shape index (κ1) is 16.1. The first-order chi connectivity index (χ1) is 9.91. The molecule has 21 heavy (non-hydrogen) atoms. The first-order valence-corrected chi connectivity index (χ1v) is 7.47. The maximum Gasteiger partial charge on any atom is 0.391 e. The third-order valence-corrected chi connectivity index (χ3v) is 4.32. The van der Waals surface area contributed by atoms with Gasteiger partial charge in [0.25, 0.3) is 0 Å². The molecule has 2 N–H and O–H groups in total. The summed E-state index contributed by atoms with van der Waals surface area (Å²) in [5.74, 6) is -0.239. The van der Waals surface area contributed by atoms with Crippen molar-refractivity contribution in [3.63, 3.8) is 0 Å². The van der Waals surface area contributed by atoms with Crippen LogP contribution in [0.1, 0.15) is 44.2 Å². The van der Waals surface area contributed by atoms with Crippen LogP contribution >= 0.6 is 0 Å². The van der Waals surface area contributed by atoms with E-state index >= 15 is 0 Å². The van der Waals surface area contributed by atoms with Gasteiger partial charge in [-0.05, 0) is 56.2 Å². The maximum atomic E-state index is 12.7. The lowest BCUT2D eigenvalue weighted by atomic mass is 9.77. The fourth-order valence-electron chi connectivity index (χ4n) is 3.03. The van der Waals surface area contributed by atoms with Crippen molar-refractivity contribution in [1.82, 2.24) is 0 Å². The molecule has 0 saturated heterocycles. The molecule has 1 aliphatic carbocycles. The molecule has 1 fully saturated rings. The van der Waals surface area contributed by atoms with E-state index in [9.17, 15) is 13.2 Å². The Labute approximate surface area is 123 Å². The van der Waals surface area contributed by atoms with Crippen molar-refractivity contribution in [2.24, 2.45) is 17.6 Å². The molecule has 5 heteroatoms. The van der Waals surface area contributed by atoms with E-state index in [4.69, 9.17) is 10.5 Å². The summed E-state index contributed by atoms with van der Waals surface area (Å²) in [6.07, 6.45) is -2.59. The lowest BCUT2D eigenvalue weighted by Gasteiger charge is -2.33. The minimum absolute atomic E-state index is 0.126. The topological polar surface area (TPSA) is 35.2 Å². The average molecular weight is 301 g/mol. The van der Waals surface area contributed by atoms with Gasteiger partial charge in [0.15, 0.2) is 0 Å². The Hall–Kier alpha value is -1.23. The van der Waals surface area contributed by atoms with Crippen LogP contribution in [0.3, 0.4) is 0 Å². The number of benzene rings is 1. The largest absolute Gasteiger partial charge is 0.494 e. The number of hydrogen-bond donors (Lipinski definition) is 1. The van der Waals surface area contributed by atoms with Crippen LogP contribution in [-0.2, 0) is 0 Å². The van der Waals surface area contributed by atoms with Gasteiger partial charge in [-0.2, -0.15) is 13.2 Å². The van der Waals surface area contributed by atoms with Crippen molar-refractivity contribution in [1.29, 1.82) is 0 Å². The van der Waals surface area contributed by atoms with E-state index in [0.29, 0.717) is 19.4 Å². The number of halogens is 3. The summed E-state index contributed by atoms with van der Waals surface area (Å²) in [5.41, 5.74) is 7.19. The summed E-state index contributed by atoms with van der Waals surface area (Å²) >= 11 is 0. The zero-order chi connectivity index (χ0) is 15.5. The minimum atomic E-state index is -4.06. The fraction of sp³-hybridized carbons (Fsp3) is 0.625. The molecule has 1 atom stereocenters. The van der Waals surface area contributed by atoms with Crippen molar-refractivity contribution in [3.05, 3.63) is 29.8 Å². The molecular formula is C16H22F3NO. The highest BCUT2D eigenvalue weighted by atomic mass is 19.4. The van der Waals surface area contributed by atoms with Crippen LogP contribution < -0.4 is 10.5 Å². The Morgan fingerprint density at radius 2 is 1.71 bits per heavy atom. The van der Waals surface area contributed by atoms with Crippen LogP contribution in [-0.4, -0.2) is 12.8 Å². The van der Waals surface area contributed by atoms with E-state index in [2.05, 4.69) is 0 Å². The first-order valence-electron chi connectivity index (χ1n) is 7.47. The molecule has 1 aromatic rings. The summed E-state index contributed by atoms with van der Waals surface area (Å²) < 4.78 is 43.4. The van der Waals surface area contributed by atoms with Gasteiger partial charge in [-0.3, -0.25) is 0 Å². The van der Waals surface area contributed by atoms with Gasteiger partial charge in [-0.15, -0.1) is 0 Å². The van der Waals surface area contributed by atoms with E-state index in [1.807, 2.05) is 31.2 Å². The molecule has 0 bridgehead atoms. The standard InChI is InChI=1S/C16H22F3NO/c1-2-21-14-9-5-12(6-10-14)15(20)11-3-7-13(8-4-11)16(17,18)19/h5-6,9-11,13,15H,2-4,7-8,20H2,1H3. The summed E-state index contributed by atoms with van der Waals surface area (Å²) in [4.78, 5) is 0. The van der Waals surface area contributed by atoms with Gasteiger partial charge >= 0.3 is 6.18 Å². The minimum Gasteiger partial charge on any atom is -0.494 e. The van der Waals surface area contributed by atoms with Crippen LogP contribution in [0.15, 0.2) is 24.3 Å². The van der Waals surface area contributed by atoms with E-state index in [0.717, 1.165) is 11.3 Å². The molecule has 118 valence electrons. The van der Waals surface area contributed by atoms with Gasteiger partial charge in [0.05, 0.1) is 12.5 Å². The second-order valence-corrected chi connectivity index (χ2v) is 5.68. The van der Waals surface area contributed by atoms with E-state index in [1.165, 1.54) is 0 Å². The van der Waals surface area contributed by atoms with Gasteiger partial charge < -0.3 is 10.5 Å². The zero-order valence-electron chi connectivity index (χ0n) is 12.2. The maximum absolute atomic E-state index is 12.7. The van der Waals surface area contributed by atoms with Crippen molar-refractivity contribution in [2.75, 3.05) is 6.61 Å². The predicted octanol–water partition coefficient (Wildman–Crippen LogP) is 4.45. The van der Waals surface area contributed by atoms with Crippen molar-refractivity contribution in [2.45, 2.75) is 44.8 Å². The van der Waals surface area contributed by atoms with E-state index < -0.39 is 12.1 Å². The van der Waals surface area contributed by atoms with Crippen LogP contribution in [0, 0.1) is 11.8 Å². The Balaban J connectivity index is 1.93. The Morgan fingerprint density at radius 3 is 2.19 bits per heavy atom. The monoisotopic (exact) mass is 301 g/mol. The Bertz CT molecular complexity index is 436. The quantitative estimate of drug-likeness (QED) is 0.891. The highest BCUT2D eigenvalue weighted by Crippen LogP contribution is 2.42. The SMILES string of the molecule is CCOc1ccc(C(N)C2CCC(C(F)(F)F)CC2)cc1. The highest BCUT2D eigenvalue weighted by Gasteiger charge is 2.42. The Morgan fingerprint density at radius 1 is 1.14 bits per heavy atom. The third-order valence-electron chi connectivity index (χ3n) is 4.32. The van der Waals surface area contributed by atoms with Crippen molar-refractivity contribution < 1.29 is 17.9 Å². The lowest BCUT2D eigenvalue weighted by Crippen LogP contribution is -2.31. The molecule has 2 rings (SSSR count). The molecule has 0 aromatic heterocycles. The smallest absolute Gasteiger partial charge is 0.391 e. The van der Waals surface area contributed by atoms with Gasteiger partial charge in [0.2, 0.25) is 0 Å². The molecule has 1 aliphatic rings. The summed E-state index contributed by atoms with van der Waals surface area (Å²) in [6.45, 7) is 2.52. The second kappa shape index (κ2) is 6.69. The zero-order valence-corrected chi connectivity index (χ0v) is 12.2. The van der Waals surface area contributed by atoms with Crippen LogP contribution in [0.2, 0.25) is 0 Å². The fourth-order valence-corrected chi connectivity index (χ4v) is 3.03. The molecule has 0 spiro atoms. The van der Waals surface area contributed by atoms with E-state index in [1.54, 1.807) is 0 Å². The van der Waals surface area contributed by atoms with Crippen molar-refractivity contribution >= 4 is 0 Å². The van der Waals surface area contributed by atoms with Gasteiger partial charge in [-0.1, -0.05) is 12.1 Å². The summed E-state index contributed by atoms with van der Waals surface area (Å²) in [5, 5.41) is 0.